The lowest BCUT2D eigenvalue weighted by Gasteiger charge is -2.20. The van der Waals surface area contributed by atoms with Gasteiger partial charge in [0.2, 0.25) is 0 Å². The van der Waals surface area contributed by atoms with Crippen molar-refractivity contribution in [3.8, 4) is 0 Å². The Morgan fingerprint density at radius 1 is 1.00 bits per heavy atom. The van der Waals surface area contributed by atoms with Gasteiger partial charge < -0.3 is 15.2 Å². The summed E-state index contributed by atoms with van der Waals surface area (Å²) in [6, 6.07) is 21.0. The van der Waals surface area contributed by atoms with Crippen LogP contribution in [0.3, 0.4) is 0 Å². The zero-order valence-electron chi connectivity index (χ0n) is 15.5. The molecule has 2 N–H and O–H groups in total. The van der Waals surface area contributed by atoms with Gasteiger partial charge in [-0.25, -0.2) is 0 Å². The molecule has 0 saturated carbocycles. The molecule has 2 aromatic carbocycles. The number of guanidine groups is 1. The van der Waals surface area contributed by atoms with Crippen molar-refractivity contribution >= 4 is 29.9 Å². The van der Waals surface area contributed by atoms with E-state index in [-0.39, 0.29) is 29.9 Å². The number of halogens is 1. The van der Waals surface area contributed by atoms with E-state index < -0.39 is 0 Å². The standard InChI is InChI=1S/C20H24N6.HI/c1-21-20(23-14-19-25-24-15-26(19)2)22-13-18(16-9-5-3-6-10-16)17-11-7-4-8-12-17;/h3-12,15,18H,13-14H2,1-2H3,(H2,21,22,23);1H. The van der Waals surface area contributed by atoms with E-state index in [0.717, 1.165) is 18.3 Å². The van der Waals surface area contributed by atoms with Crippen molar-refractivity contribution < 1.29 is 0 Å². The van der Waals surface area contributed by atoms with Crippen LogP contribution in [-0.2, 0) is 13.6 Å². The van der Waals surface area contributed by atoms with E-state index in [4.69, 9.17) is 0 Å². The molecule has 7 heteroatoms. The van der Waals surface area contributed by atoms with E-state index in [2.05, 4.69) is 74.4 Å². The molecule has 0 bridgehead atoms. The fourth-order valence-corrected chi connectivity index (χ4v) is 2.85. The van der Waals surface area contributed by atoms with Crippen LogP contribution in [0.2, 0.25) is 0 Å². The molecule has 3 rings (SSSR count). The number of nitrogens with zero attached hydrogens (tertiary/aromatic N) is 4. The second-order valence-corrected chi connectivity index (χ2v) is 6.04. The smallest absolute Gasteiger partial charge is 0.191 e. The molecule has 27 heavy (non-hydrogen) atoms. The molecule has 0 spiro atoms. The topological polar surface area (TPSA) is 67.1 Å². The predicted molar refractivity (Wildman–Crippen MR) is 119 cm³/mol. The van der Waals surface area contributed by atoms with Gasteiger partial charge in [-0.3, -0.25) is 4.99 Å². The summed E-state index contributed by atoms with van der Waals surface area (Å²) < 4.78 is 1.89. The average molecular weight is 476 g/mol. The Labute approximate surface area is 177 Å². The first-order valence-electron chi connectivity index (χ1n) is 8.65. The molecule has 0 amide bonds. The van der Waals surface area contributed by atoms with E-state index in [1.54, 1.807) is 13.4 Å². The number of hydrogen-bond donors (Lipinski definition) is 2. The lowest BCUT2D eigenvalue weighted by Crippen LogP contribution is -2.39. The number of nitrogens with one attached hydrogen (secondary N) is 2. The third kappa shape index (κ3) is 5.78. The summed E-state index contributed by atoms with van der Waals surface area (Å²) >= 11 is 0. The summed E-state index contributed by atoms with van der Waals surface area (Å²) in [6.07, 6.45) is 1.69. The number of hydrogen-bond acceptors (Lipinski definition) is 3. The van der Waals surface area contributed by atoms with Gasteiger partial charge in [-0.2, -0.15) is 0 Å². The fraction of sp³-hybridized carbons (Fsp3) is 0.250. The highest BCUT2D eigenvalue weighted by molar-refractivity contribution is 14.0. The van der Waals surface area contributed by atoms with Crippen molar-refractivity contribution in [3.05, 3.63) is 83.9 Å². The largest absolute Gasteiger partial charge is 0.355 e. The first-order valence-corrected chi connectivity index (χ1v) is 8.65. The van der Waals surface area contributed by atoms with Gasteiger partial charge in [-0.05, 0) is 11.1 Å². The van der Waals surface area contributed by atoms with Gasteiger partial charge in [0, 0.05) is 26.6 Å². The van der Waals surface area contributed by atoms with Crippen LogP contribution in [0.15, 0.2) is 72.0 Å². The summed E-state index contributed by atoms with van der Waals surface area (Å²) in [5, 5.41) is 14.7. The van der Waals surface area contributed by atoms with Gasteiger partial charge in [0.25, 0.3) is 0 Å². The molecule has 0 atom stereocenters. The Morgan fingerprint density at radius 3 is 2.07 bits per heavy atom. The molecule has 6 nitrogen and oxygen atoms in total. The molecule has 3 aromatic rings. The van der Waals surface area contributed by atoms with Gasteiger partial charge in [0.05, 0.1) is 6.54 Å². The molecule has 0 fully saturated rings. The van der Waals surface area contributed by atoms with E-state index in [1.165, 1.54) is 11.1 Å². The highest BCUT2D eigenvalue weighted by atomic mass is 127. The maximum absolute atomic E-state index is 4.31. The SMILES string of the molecule is CN=C(NCc1nncn1C)NCC(c1ccccc1)c1ccccc1.I. The van der Waals surface area contributed by atoms with Crippen molar-refractivity contribution in [1.82, 2.24) is 25.4 Å². The van der Waals surface area contributed by atoms with Crippen LogP contribution in [-0.4, -0.2) is 34.3 Å². The lowest BCUT2D eigenvalue weighted by atomic mass is 9.91. The number of rotatable bonds is 6. The van der Waals surface area contributed by atoms with Crippen LogP contribution in [0.4, 0.5) is 0 Å². The second-order valence-electron chi connectivity index (χ2n) is 6.04. The van der Waals surface area contributed by atoms with Gasteiger partial charge in [0.1, 0.15) is 6.33 Å². The summed E-state index contributed by atoms with van der Waals surface area (Å²) in [4.78, 5) is 4.31. The maximum Gasteiger partial charge on any atom is 0.191 e. The summed E-state index contributed by atoms with van der Waals surface area (Å²) in [6.45, 7) is 1.31. The highest BCUT2D eigenvalue weighted by Crippen LogP contribution is 2.23. The van der Waals surface area contributed by atoms with Crippen molar-refractivity contribution in [2.75, 3.05) is 13.6 Å². The lowest BCUT2D eigenvalue weighted by molar-refractivity contribution is 0.701. The van der Waals surface area contributed by atoms with Gasteiger partial charge in [0.15, 0.2) is 11.8 Å². The molecular formula is C20H25IN6. The van der Waals surface area contributed by atoms with E-state index in [1.807, 2.05) is 23.7 Å². The number of benzene rings is 2. The van der Waals surface area contributed by atoms with Crippen LogP contribution in [0.1, 0.15) is 22.9 Å². The fourth-order valence-electron chi connectivity index (χ4n) is 2.85. The molecule has 0 aliphatic heterocycles. The molecule has 0 aliphatic rings. The second kappa shape index (κ2) is 10.7. The van der Waals surface area contributed by atoms with Crippen LogP contribution in [0.5, 0.6) is 0 Å². The first-order chi connectivity index (χ1) is 12.8. The third-order valence-electron chi connectivity index (χ3n) is 4.32. The first kappa shape index (κ1) is 20.9. The van der Waals surface area contributed by atoms with Crippen LogP contribution >= 0.6 is 24.0 Å². The number of aliphatic imine (C=N–C) groups is 1. The van der Waals surface area contributed by atoms with Crippen molar-refractivity contribution in [3.63, 3.8) is 0 Å². The average Bonchev–Trinajstić information content (AvgIpc) is 3.11. The Balaban J connectivity index is 0.00000261. The van der Waals surface area contributed by atoms with Crippen molar-refractivity contribution in [2.24, 2.45) is 12.0 Å². The monoisotopic (exact) mass is 476 g/mol. The summed E-state index contributed by atoms with van der Waals surface area (Å²) in [5.41, 5.74) is 2.55. The molecule has 0 unspecified atom stereocenters. The molecular weight excluding hydrogens is 451 g/mol. The minimum atomic E-state index is 0. The normalized spacial score (nSPS) is 11.1. The van der Waals surface area contributed by atoms with Gasteiger partial charge >= 0.3 is 0 Å². The molecule has 0 saturated heterocycles. The molecule has 1 heterocycles. The quantitative estimate of drug-likeness (QED) is 0.326. The predicted octanol–water partition coefficient (Wildman–Crippen LogP) is 2.93. The van der Waals surface area contributed by atoms with Gasteiger partial charge in [-0.1, -0.05) is 60.7 Å². The van der Waals surface area contributed by atoms with E-state index in [0.29, 0.717) is 6.54 Å². The van der Waals surface area contributed by atoms with E-state index in [9.17, 15) is 0 Å². The Kier molecular flexibility index (Phi) is 8.25. The van der Waals surface area contributed by atoms with E-state index >= 15 is 0 Å². The van der Waals surface area contributed by atoms with Crippen LogP contribution in [0, 0.1) is 0 Å². The Morgan fingerprint density at radius 2 is 1.59 bits per heavy atom. The summed E-state index contributed by atoms with van der Waals surface area (Å²) in [7, 11) is 3.69. The molecule has 142 valence electrons. The minimum Gasteiger partial charge on any atom is -0.355 e. The van der Waals surface area contributed by atoms with Crippen LogP contribution in [0.25, 0.3) is 0 Å². The highest BCUT2D eigenvalue weighted by Gasteiger charge is 2.14. The van der Waals surface area contributed by atoms with Gasteiger partial charge in [-0.15, -0.1) is 34.2 Å². The zero-order valence-corrected chi connectivity index (χ0v) is 17.9. The minimum absolute atomic E-state index is 0. The number of aromatic nitrogens is 3. The third-order valence-corrected chi connectivity index (χ3v) is 4.32. The number of aryl methyl sites for hydroxylation is 1. The molecule has 1 aromatic heterocycles. The zero-order chi connectivity index (χ0) is 18.2. The Hall–Kier alpha value is -2.42. The summed E-state index contributed by atoms with van der Waals surface area (Å²) in [5.74, 6) is 1.84. The van der Waals surface area contributed by atoms with Crippen LogP contribution < -0.4 is 10.6 Å². The molecule has 0 radical (unpaired) electrons. The van der Waals surface area contributed by atoms with Crippen molar-refractivity contribution in [1.29, 1.82) is 0 Å². The molecule has 0 aliphatic carbocycles. The van der Waals surface area contributed by atoms with Crippen molar-refractivity contribution in [2.45, 2.75) is 12.5 Å². The maximum atomic E-state index is 4.31. The Bertz CT molecular complexity index is 792.